The van der Waals surface area contributed by atoms with Gasteiger partial charge in [-0.2, -0.15) is 0 Å². The van der Waals surface area contributed by atoms with E-state index in [1.54, 1.807) is 7.11 Å². The molecule has 1 aromatic heterocycles. The third-order valence-corrected chi connectivity index (χ3v) is 4.10. The zero-order chi connectivity index (χ0) is 15.4. The first-order chi connectivity index (χ1) is 10.8. The highest BCUT2D eigenvalue weighted by molar-refractivity contribution is 5.81. The number of para-hydroxylation sites is 1. The Morgan fingerprint density at radius 3 is 2.73 bits per heavy atom. The summed E-state index contributed by atoms with van der Waals surface area (Å²) in [4.78, 5) is 20.6. The molecule has 22 heavy (non-hydrogen) atoms. The van der Waals surface area contributed by atoms with Crippen LogP contribution >= 0.6 is 0 Å². The molecule has 0 radical (unpaired) electrons. The molecule has 1 fully saturated rings. The molecule has 0 bridgehead atoms. The summed E-state index contributed by atoms with van der Waals surface area (Å²) >= 11 is 0. The molecular weight excluding hydrogens is 278 g/mol. The van der Waals surface area contributed by atoms with E-state index in [1.165, 1.54) is 10.9 Å². The fraction of sp³-hybridized carbons (Fsp3) is 0.412. The van der Waals surface area contributed by atoms with E-state index in [0.29, 0.717) is 0 Å². The monoisotopic (exact) mass is 299 g/mol. The lowest BCUT2D eigenvalue weighted by atomic mass is 10.1. The Morgan fingerprint density at radius 2 is 1.95 bits per heavy atom. The number of carbonyl (C=O) groups is 1. The quantitative estimate of drug-likeness (QED) is 0.859. The first kappa shape index (κ1) is 14.9. The van der Waals surface area contributed by atoms with Crippen LogP contribution in [0.5, 0.6) is 0 Å². The first-order valence-electron chi connectivity index (χ1n) is 7.59. The highest BCUT2D eigenvalue weighted by atomic mass is 16.5. The lowest BCUT2D eigenvalue weighted by Crippen LogP contribution is -2.49. The SMILES string of the molecule is COCC(=O)N1CCN(Cc2cccc3cccnc23)CC1. The molecule has 5 heteroatoms. The molecule has 5 nitrogen and oxygen atoms in total. The van der Waals surface area contributed by atoms with Crippen molar-refractivity contribution in [1.29, 1.82) is 0 Å². The van der Waals surface area contributed by atoms with Crippen molar-refractivity contribution in [3.8, 4) is 0 Å². The zero-order valence-corrected chi connectivity index (χ0v) is 12.9. The molecule has 0 N–H and O–H groups in total. The summed E-state index contributed by atoms with van der Waals surface area (Å²) in [6.45, 7) is 4.35. The number of methoxy groups -OCH3 is 1. The molecule has 116 valence electrons. The highest BCUT2D eigenvalue weighted by Gasteiger charge is 2.21. The van der Waals surface area contributed by atoms with E-state index < -0.39 is 0 Å². The van der Waals surface area contributed by atoms with Gasteiger partial charge in [-0.25, -0.2) is 0 Å². The molecule has 2 heterocycles. The van der Waals surface area contributed by atoms with Gasteiger partial charge in [0.15, 0.2) is 0 Å². The minimum atomic E-state index is 0.0778. The van der Waals surface area contributed by atoms with E-state index in [2.05, 4.69) is 34.1 Å². The number of hydrogen-bond acceptors (Lipinski definition) is 4. The minimum Gasteiger partial charge on any atom is -0.375 e. The Bertz CT molecular complexity index is 646. The Labute approximate surface area is 130 Å². The molecule has 0 spiro atoms. The average Bonchev–Trinajstić information content (AvgIpc) is 2.56. The van der Waals surface area contributed by atoms with Crippen LogP contribution in [0, 0.1) is 0 Å². The third kappa shape index (κ3) is 3.26. The van der Waals surface area contributed by atoms with Gasteiger partial charge < -0.3 is 9.64 Å². The van der Waals surface area contributed by atoms with Gasteiger partial charge in [-0.3, -0.25) is 14.7 Å². The maximum atomic E-state index is 11.8. The van der Waals surface area contributed by atoms with Crippen molar-refractivity contribution in [3.63, 3.8) is 0 Å². The number of fused-ring (bicyclic) bond motifs is 1. The standard InChI is InChI=1S/C17H21N3O2/c1-22-13-16(21)20-10-8-19(9-11-20)12-15-5-2-4-14-6-3-7-18-17(14)15/h2-7H,8-13H2,1H3. The summed E-state index contributed by atoms with van der Waals surface area (Å²) in [5, 5.41) is 1.17. The van der Waals surface area contributed by atoms with Gasteiger partial charge in [0.25, 0.3) is 0 Å². The summed E-state index contributed by atoms with van der Waals surface area (Å²) in [6, 6.07) is 10.4. The summed E-state index contributed by atoms with van der Waals surface area (Å²) in [7, 11) is 1.56. The van der Waals surface area contributed by atoms with Crippen LogP contribution in [0.2, 0.25) is 0 Å². The number of benzene rings is 1. The Morgan fingerprint density at radius 1 is 1.18 bits per heavy atom. The molecule has 0 unspecified atom stereocenters. The van der Waals surface area contributed by atoms with Gasteiger partial charge in [0.05, 0.1) is 5.52 Å². The van der Waals surface area contributed by atoms with Gasteiger partial charge in [0.1, 0.15) is 6.61 Å². The summed E-state index contributed by atoms with van der Waals surface area (Å²) < 4.78 is 4.91. The molecule has 1 aromatic carbocycles. The van der Waals surface area contributed by atoms with Crippen LogP contribution in [0.15, 0.2) is 36.5 Å². The molecule has 1 amide bonds. The van der Waals surface area contributed by atoms with Gasteiger partial charge in [-0.05, 0) is 11.6 Å². The molecule has 1 aliphatic heterocycles. The molecule has 3 rings (SSSR count). The van der Waals surface area contributed by atoms with E-state index in [0.717, 1.165) is 38.2 Å². The van der Waals surface area contributed by atoms with Crippen molar-refractivity contribution in [3.05, 3.63) is 42.1 Å². The van der Waals surface area contributed by atoms with Gasteiger partial charge in [0.2, 0.25) is 5.91 Å². The molecule has 0 saturated carbocycles. The van der Waals surface area contributed by atoms with Crippen molar-refractivity contribution < 1.29 is 9.53 Å². The number of piperazine rings is 1. The van der Waals surface area contributed by atoms with Crippen molar-refractivity contribution in [2.75, 3.05) is 39.9 Å². The number of rotatable bonds is 4. The van der Waals surface area contributed by atoms with Crippen LogP contribution in [0.1, 0.15) is 5.56 Å². The van der Waals surface area contributed by atoms with Gasteiger partial charge >= 0.3 is 0 Å². The predicted molar refractivity (Wildman–Crippen MR) is 85.5 cm³/mol. The second-order valence-corrected chi connectivity index (χ2v) is 5.58. The van der Waals surface area contributed by atoms with Crippen LogP contribution in [-0.2, 0) is 16.1 Å². The number of pyridine rings is 1. The third-order valence-electron chi connectivity index (χ3n) is 4.10. The highest BCUT2D eigenvalue weighted by Crippen LogP contribution is 2.18. The van der Waals surface area contributed by atoms with Crippen molar-refractivity contribution in [2.24, 2.45) is 0 Å². The topological polar surface area (TPSA) is 45.7 Å². The van der Waals surface area contributed by atoms with Gasteiger partial charge in [0, 0.05) is 51.4 Å². The largest absolute Gasteiger partial charge is 0.375 e. The molecule has 0 aliphatic carbocycles. The lowest BCUT2D eigenvalue weighted by Gasteiger charge is -2.34. The fourth-order valence-electron chi connectivity index (χ4n) is 2.91. The molecule has 1 saturated heterocycles. The van der Waals surface area contributed by atoms with E-state index >= 15 is 0 Å². The second-order valence-electron chi connectivity index (χ2n) is 5.58. The fourth-order valence-corrected chi connectivity index (χ4v) is 2.91. The number of nitrogens with zero attached hydrogens (tertiary/aromatic N) is 3. The Balaban J connectivity index is 1.64. The molecule has 1 aliphatic rings. The second kappa shape index (κ2) is 6.85. The maximum Gasteiger partial charge on any atom is 0.248 e. The van der Waals surface area contributed by atoms with E-state index in [9.17, 15) is 4.79 Å². The van der Waals surface area contributed by atoms with Crippen LogP contribution in [-0.4, -0.2) is 60.6 Å². The van der Waals surface area contributed by atoms with Crippen molar-refractivity contribution >= 4 is 16.8 Å². The number of carbonyl (C=O) groups excluding carboxylic acids is 1. The van der Waals surface area contributed by atoms with Gasteiger partial charge in [-0.15, -0.1) is 0 Å². The predicted octanol–water partition coefficient (Wildman–Crippen LogP) is 1.53. The lowest BCUT2D eigenvalue weighted by molar-refractivity contribution is -0.136. The number of aromatic nitrogens is 1. The molecule has 0 atom stereocenters. The molecule has 2 aromatic rings. The average molecular weight is 299 g/mol. The van der Waals surface area contributed by atoms with E-state index in [-0.39, 0.29) is 12.5 Å². The number of ether oxygens (including phenoxy) is 1. The van der Waals surface area contributed by atoms with E-state index in [1.807, 2.05) is 17.2 Å². The number of amides is 1. The minimum absolute atomic E-state index is 0.0778. The zero-order valence-electron chi connectivity index (χ0n) is 12.9. The first-order valence-corrected chi connectivity index (χ1v) is 7.59. The van der Waals surface area contributed by atoms with E-state index in [4.69, 9.17) is 4.74 Å². The summed E-state index contributed by atoms with van der Waals surface area (Å²) in [5.74, 6) is 0.0778. The summed E-state index contributed by atoms with van der Waals surface area (Å²) in [6.07, 6.45) is 1.84. The Hall–Kier alpha value is -1.98. The smallest absolute Gasteiger partial charge is 0.248 e. The summed E-state index contributed by atoms with van der Waals surface area (Å²) in [5.41, 5.74) is 2.32. The van der Waals surface area contributed by atoms with Crippen molar-refractivity contribution in [1.82, 2.24) is 14.8 Å². The van der Waals surface area contributed by atoms with Gasteiger partial charge in [-0.1, -0.05) is 24.3 Å². The molecular formula is C17H21N3O2. The number of hydrogen-bond donors (Lipinski definition) is 0. The van der Waals surface area contributed by atoms with Crippen LogP contribution < -0.4 is 0 Å². The van der Waals surface area contributed by atoms with Crippen LogP contribution in [0.25, 0.3) is 10.9 Å². The van der Waals surface area contributed by atoms with Crippen molar-refractivity contribution in [2.45, 2.75) is 6.54 Å². The maximum absolute atomic E-state index is 11.8. The van der Waals surface area contributed by atoms with Crippen LogP contribution in [0.4, 0.5) is 0 Å². The van der Waals surface area contributed by atoms with Crippen LogP contribution in [0.3, 0.4) is 0 Å². The Kier molecular flexibility index (Phi) is 4.65. The normalized spacial score (nSPS) is 16.1.